The molecule has 3 N–H and O–H groups in total. The Bertz CT molecular complexity index is 671. The van der Waals surface area contributed by atoms with Crippen molar-refractivity contribution in [3.63, 3.8) is 0 Å². The summed E-state index contributed by atoms with van der Waals surface area (Å²) in [6.45, 7) is 2.43. The smallest absolute Gasteiger partial charge is 0.330 e. The molecule has 0 saturated heterocycles. The normalized spacial score (nSPS) is 15.6. The Kier molecular flexibility index (Phi) is 5.63. The fourth-order valence-corrected chi connectivity index (χ4v) is 3.17. The Hall–Kier alpha value is -2.05. The van der Waals surface area contributed by atoms with Crippen LogP contribution in [-0.2, 0) is 11.3 Å². The molecule has 0 aromatic carbocycles. The fourth-order valence-electron chi connectivity index (χ4n) is 3.17. The van der Waals surface area contributed by atoms with E-state index < -0.39 is 11.2 Å². The topological polar surface area (TPSA) is 101 Å². The number of hydrogen-bond donors (Lipinski definition) is 2. The monoisotopic (exact) mass is 322 g/mol. The number of nitrogens with one attached hydrogen (secondary N) is 1. The van der Waals surface area contributed by atoms with Gasteiger partial charge >= 0.3 is 5.69 Å². The van der Waals surface area contributed by atoms with Crippen LogP contribution in [0.2, 0.25) is 0 Å². The summed E-state index contributed by atoms with van der Waals surface area (Å²) in [5.41, 5.74) is 4.99. The second kappa shape index (κ2) is 7.48. The molecule has 0 radical (unpaired) electrons. The first-order chi connectivity index (χ1) is 11.0. The average Bonchev–Trinajstić information content (AvgIpc) is 2.54. The van der Waals surface area contributed by atoms with Gasteiger partial charge in [-0.2, -0.15) is 0 Å². The molecule has 1 fully saturated rings. The standard InChI is InChI=1S/C16H26N4O3/c1-3-4-10-20-13(17)12(14(21)18-16(20)23)19(2)15(22)11-8-6-5-7-9-11/h11H,3-10,17H2,1-2H3,(H,18,21,23). The summed E-state index contributed by atoms with van der Waals surface area (Å²) in [6, 6.07) is 0. The van der Waals surface area contributed by atoms with Crippen LogP contribution in [0.4, 0.5) is 11.5 Å². The molecular weight excluding hydrogens is 296 g/mol. The largest absolute Gasteiger partial charge is 0.383 e. The van der Waals surface area contributed by atoms with E-state index in [1.54, 1.807) is 7.05 Å². The number of aromatic amines is 1. The highest BCUT2D eigenvalue weighted by Crippen LogP contribution is 2.27. The van der Waals surface area contributed by atoms with Gasteiger partial charge < -0.3 is 10.6 Å². The fraction of sp³-hybridized carbons (Fsp3) is 0.688. The molecule has 2 rings (SSSR count). The number of rotatable bonds is 5. The van der Waals surface area contributed by atoms with Gasteiger partial charge in [0, 0.05) is 19.5 Å². The van der Waals surface area contributed by atoms with Crippen LogP contribution >= 0.6 is 0 Å². The van der Waals surface area contributed by atoms with Gasteiger partial charge in [0.1, 0.15) is 5.82 Å². The van der Waals surface area contributed by atoms with Crippen molar-refractivity contribution < 1.29 is 4.79 Å². The molecule has 7 heteroatoms. The van der Waals surface area contributed by atoms with Crippen molar-refractivity contribution in [1.29, 1.82) is 0 Å². The Labute approximate surface area is 135 Å². The van der Waals surface area contributed by atoms with Crippen molar-refractivity contribution >= 4 is 17.4 Å². The minimum absolute atomic E-state index is 0.0661. The van der Waals surface area contributed by atoms with Gasteiger partial charge in [0.25, 0.3) is 5.56 Å². The molecule has 0 unspecified atom stereocenters. The predicted octanol–water partition coefficient (Wildman–Crippen LogP) is 1.46. The van der Waals surface area contributed by atoms with Crippen LogP contribution in [0.5, 0.6) is 0 Å². The van der Waals surface area contributed by atoms with Crippen molar-refractivity contribution in [2.75, 3.05) is 17.7 Å². The molecule has 0 spiro atoms. The minimum atomic E-state index is -0.605. The van der Waals surface area contributed by atoms with Gasteiger partial charge in [-0.1, -0.05) is 32.6 Å². The number of hydrogen-bond acceptors (Lipinski definition) is 4. The quantitative estimate of drug-likeness (QED) is 0.857. The summed E-state index contributed by atoms with van der Waals surface area (Å²) < 4.78 is 1.34. The van der Waals surface area contributed by atoms with Crippen LogP contribution in [-0.4, -0.2) is 22.5 Å². The van der Waals surface area contributed by atoms with E-state index in [4.69, 9.17) is 5.73 Å². The summed E-state index contributed by atoms with van der Waals surface area (Å²) in [6.07, 6.45) is 6.58. The maximum atomic E-state index is 12.6. The zero-order valence-corrected chi connectivity index (χ0v) is 13.9. The number of anilines is 2. The summed E-state index contributed by atoms with van der Waals surface area (Å²) >= 11 is 0. The molecule has 1 aromatic heterocycles. The Morgan fingerprint density at radius 2 is 1.96 bits per heavy atom. The minimum Gasteiger partial charge on any atom is -0.383 e. The Balaban J connectivity index is 2.35. The third-order valence-electron chi connectivity index (χ3n) is 4.57. The maximum Gasteiger partial charge on any atom is 0.330 e. The molecule has 1 aliphatic carbocycles. The lowest BCUT2D eigenvalue weighted by Gasteiger charge is -2.27. The van der Waals surface area contributed by atoms with E-state index in [-0.39, 0.29) is 23.3 Å². The first kappa shape index (κ1) is 17.3. The summed E-state index contributed by atoms with van der Waals surface area (Å²) in [5, 5.41) is 0. The molecule has 1 aromatic rings. The molecule has 1 amide bonds. The highest BCUT2D eigenvalue weighted by atomic mass is 16.2. The van der Waals surface area contributed by atoms with Gasteiger partial charge in [0.05, 0.1) is 0 Å². The average molecular weight is 322 g/mol. The number of unbranched alkanes of at least 4 members (excludes halogenated alkanes) is 1. The maximum absolute atomic E-state index is 12.6. The molecule has 0 bridgehead atoms. The summed E-state index contributed by atoms with van der Waals surface area (Å²) in [7, 11) is 1.56. The first-order valence-electron chi connectivity index (χ1n) is 8.37. The van der Waals surface area contributed by atoms with Crippen molar-refractivity contribution in [2.24, 2.45) is 5.92 Å². The number of nitrogens with two attached hydrogens (primary N) is 1. The molecular formula is C16H26N4O3. The van der Waals surface area contributed by atoms with Crippen molar-refractivity contribution in [1.82, 2.24) is 9.55 Å². The second-order valence-electron chi connectivity index (χ2n) is 6.23. The zero-order valence-electron chi connectivity index (χ0n) is 13.9. The molecule has 23 heavy (non-hydrogen) atoms. The van der Waals surface area contributed by atoms with Crippen molar-refractivity contribution in [3.05, 3.63) is 20.8 Å². The SMILES string of the molecule is CCCCn1c(N)c(N(C)C(=O)C2CCCCC2)c(=O)[nH]c1=O. The van der Waals surface area contributed by atoms with Gasteiger partial charge in [-0.3, -0.25) is 19.1 Å². The number of carbonyl (C=O) groups is 1. The lowest BCUT2D eigenvalue weighted by molar-refractivity contribution is -0.123. The summed E-state index contributed by atoms with van der Waals surface area (Å²) in [5.74, 6) is -0.0926. The van der Waals surface area contributed by atoms with E-state index in [1.165, 1.54) is 9.47 Å². The van der Waals surface area contributed by atoms with E-state index in [2.05, 4.69) is 4.98 Å². The van der Waals surface area contributed by atoms with Crippen molar-refractivity contribution in [3.8, 4) is 0 Å². The number of nitrogen functional groups attached to an aromatic ring is 1. The highest BCUT2D eigenvalue weighted by molar-refractivity contribution is 5.96. The third kappa shape index (κ3) is 3.65. The van der Waals surface area contributed by atoms with E-state index >= 15 is 0 Å². The molecule has 128 valence electrons. The summed E-state index contributed by atoms with van der Waals surface area (Å²) in [4.78, 5) is 40.4. The second-order valence-corrected chi connectivity index (χ2v) is 6.23. The molecule has 7 nitrogen and oxygen atoms in total. The lowest BCUT2D eigenvalue weighted by atomic mass is 9.88. The van der Waals surface area contributed by atoms with E-state index in [1.807, 2.05) is 6.92 Å². The lowest BCUT2D eigenvalue weighted by Crippen LogP contribution is -2.41. The van der Waals surface area contributed by atoms with Gasteiger partial charge in [0.15, 0.2) is 5.69 Å². The van der Waals surface area contributed by atoms with Crippen LogP contribution in [0.1, 0.15) is 51.9 Å². The van der Waals surface area contributed by atoms with E-state index in [0.717, 1.165) is 44.9 Å². The van der Waals surface area contributed by atoms with Gasteiger partial charge in [-0.15, -0.1) is 0 Å². The van der Waals surface area contributed by atoms with Crippen LogP contribution < -0.4 is 21.9 Å². The van der Waals surface area contributed by atoms with Crippen LogP contribution in [0.25, 0.3) is 0 Å². The molecule has 1 saturated carbocycles. The Morgan fingerprint density at radius 3 is 2.57 bits per heavy atom. The number of carbonyl (C=O) groups excluding carboxylic acids is 1. The molecule has 1 aliphatic rings. The number of amides is 1. The van der Waals surface area contributed by atoms with Crippen LogP contribution in [0, 0.1) is 5.92 Å². The van der Waals surface area contributed by atoms with Crippen LogP contribution in [0.15, 0.2) is 9.59 Å². The number of H-pyrrole nitrogens is 1. The zero-order chi connectivity index (χ0) is 17.0. The highest BCUT2D eigenvalue weighted by Gasteiger charge is 2.28. The van der Waals surface area contributed by atoms with Gasteiger partial charge in [0.2, 0.25) is 5.91 Å². The first-order valence-corrected chi connectivity index (χ1v) is 8.37. The molecule has 0 aliphatic heterocycles. The third-order valence-corrected chi connectivity index (χ3v) is 4.57. The van der Waals surface area contributed by atoms with Gasteiger partial charge in [-0.05, 0) is 19.3 Å². The van der Waals surface area contributed by atoms with E-state index in [9.17, 15) is 14.4 Å². The predicted molar refractivity (Wildman–Crippen MR) is 90.6 cm³/mol. The van der Waals surface area contributed by atoms with Crippen molar-refractivity contribution in [2.45, 2.75) is 58.4 Å². The number of nitrogens with zero attached hydrogens (tertiary/aromatic N) is 2. The van der Waals surface area contributed by atoms with E-state index in [0.29, 0.717) is 6.54 Å². The Morgan fingerprint density at radius 1 is 1.30 bits per heavy atom. The van der Waals surface area contributed by atoms with Gasteiger partial charge in [-0.25, -0.2) is 4.79 Å². The molecule has 0 atom stereocenters. The van der Waals surface area contributed by atoms with Crippen LogP contribution in [0.3, 0.4) is 0 Å². The number of aromatic nitrogens is 2. The molecule has 1 heterocycles.